The molecule has 72 valence electrons. The number of nitrogens with two attached hydrogens (primary N) is 1. The molecule has 1 rings (SSSR count). The summed E-state index contributed by atoms with van der Waals surface area (Å²) < 4.78 is 5.66. The summed E-state index contributed by atoms with van der Waals surface area (Å²) in [4.78, 5) is 0. The third kappa shape index (κ3) is 3.11. The summed E-state index contributed by atoms with van der Waals surface area (Å²) in [6.07, 6.45) is 5.37. The Bertz CT molecular complexity index is 128. The predicted octanol–water partition coefficient (Wildman–Crippen LogP) is 1.93. The lowest BCUT2D eigenvalue weighted by Gasteiger charge is -2.30. The topological polar surface area (TPSA) is 35.2 Å². The van der Waals surface area contributed by atoms with Gasteiger partial charge in [-0.25, -0.2) is 0 Å². The molecule has 2 heteroatoms. The minimum Gasteiger partial charge on any atom is -0.378 e. The van der Waals surface area contributed by atoms with Crippen LogP contribution in [0.2, 0.25) is 0 Å². The normalized spacial score (nSPS) is 25.8. The maximum atomic E-state index is 5.67. The molecule has 0 aromatic carbocycles. The van der Waals surface area contributed by atoms with Crippen molar-refractivity contribution in [3.05, 3.63) is 0 Å². The number of hydrogen-bond donors (Lipinski definition) is 1. The van der Waals surface area contributed by atoms with E-state index in [0.717, 1.165) is 19.6 Å². The fourth-order valence-electron chi connectivity index (χ4n) is 1.67. The summed E-state index contributed by atoms with van der Waals surface area (Å²) in [6.45, 7) is 6.13. The zero-order valence-electron chi connectivity index (χ0n) is 8.31. The molecule has 0 aromatic rings. The van der Waals surface area contributed by atoms with Gasteiger partial charge in [-0.1, -0.05) is 13.8 Å². The van der Waals surface area contributed by atoms with Crippen LogP contribution in [0.25, 0.3) is 0 Å². The molecule has 0 spiro atoms. The lowest BCUT2D eigenvalue weighted by atomic mass is 9.85. The van der Waals surface area contributed by atoms with E-state index in [0.29, 0.717) is 6.10 Å². The van der Waals surface area contributed by atoms with E-state index >= 15 is 0 Å². The van der Waals surface area contributed by atoms with Crippen molar-refractivity contribution in [2.75, 3.05) is 13.2 Å². The van der Waals surface area contributed by atoms with Gasteiger partial charge in [0.1, 0.15) is 0 Å². The first-order valence-electron chi connectivity index (χ1n) is 4.96. The van der Waals surface area contributed by atoms with Gasteiger partial charge in [0.2, 0.25) is 0 Å². The smallest absolute Gasteiger partial charge is 0.0580 e. The highest BCUT2D eigenvalue weighted by atomic mass is 16.5. The van der Waals surface area contributed by atoms with Crippen LogP contribution in [-0.2, 0) is 4.74 Å². The molecule has 0 bridgehead atoms. The summed E-state index contributed by atoms with van der Waals surface area (Å²) in [5.41, 5.74) is 5.92. The predicted molar refractivity (Wildman–Crippen MR) is 51.0 cm³/mol. The van der Waals surface area contributed by atoms with Crippen LogP contribution < -0.4 is 5.73 Å². The van der Waals surface area contributed by atoms with Crippen molar-refractivity contribution in [2.45, 2.75) is 45.6 Å². The number of hydrogen-bond acceptors (Lipinski definition) is 2. The van der Waals surface area contributed by atoms with Crippen LogP contribution in [-0.4, -0.2) is 19.3 Å². The summed E-state index contributed by atoms with van der Waals surface area (Å²) in [7, 11) is 0. The van der Waals surface area contributed by atoms with E-state index in [9.17, 15) is 0 Å². The van der Waals surface area contributed by atoms with E-state index < -0.39 is 0 Å². The minimum atomic E-state index is 0.252. The molecule has 0 saturated carbocycles. The highest BCUT2D eigenvalue weighted by Gasteiger charge is 2.23. The third-order valence-electron chi connectivity index (χ3n) is 2.61. The van der Waals surface area contributed by atoms with Gasteiger partial charge in [-0.15, -0.1) is 0 Å². The quantitative estimate of drug-likeness (QED) is 0.704. The number of rotatable bonds is 3. The molecule has 1 heterocycles. The van der Waals surface area contributed by atoms with Crippen molar-refractivity contribution in [1.29, 1.82) is 0 Å². The SMILES string of the molecule is CC(C)(CN)C[C@@H]1CCCCO1. The monoisotopic (exact) mass is 171 g/mol. The van der Waals surface area contributed by atoms with E-state index in [1.54, 1.807) is 0 Å². The van der Waals surface area contributed by atoms with Gasteiger partial charge < -0.3 is 10.5 Å². The molecule has 0 aromatic heterocycles. The van der Waals surface area contributed by atoms with E-state index in [1.807, 2.05) is 0 Å². The Morgan fingerprint density at radius 3 is 2.67 bits per heavy atom. The van der Waals surface area contributed by atoms with Crippen LogP contribution >= 0.6 is 0 Å². The van der Waals surface area contributed by atoms with Crippen LogP contribution in [0.1, 0.15) is 39.5 Å². The van der Waals surface area contributed by atoms with Gasteiger partial charge in [0.15, 0.2) is 0 Å². The molecular formula is C10H21NO. The summed E-state index contributed by atoms with van der Waals surface area (Å²) in [5.74, 6) is 0. The van der Waals surface area contributed by atoms with E-state index in [1.165, 1.54) is 19.3 Å². The fourth-order valence-corrected chi connectivity index (χ4v) is 1.67. The Labute approximate surface area is 75.5 Å². The van der Waals surface area contributed by atoms with Crippen molar-refractivity contribution >= 4 is 0 Å². The molecular weight excluding hydrogens is 150 g/mol. The van der Waals surface area contributed by atoms with Crippen LogP contribution in [0.4, 0.5) is 0 Å². The zero-order valence-corrected chi connectivity index (χ0v) is 8.31. The molecule has 2 nitrogen and oxygen atoms in total. The van der Waals surface area contributed by atoms with E-state index in [-0.39, 0.29) is 5.41 Å². The average Bonchev–Trinajstić information content (AvgIpc) is 2.06. The molecule has 1 aliphatic heterocycles. The van der Waals surface area contributed by atoms with Crippen molar-refractivity contribution in [1.82, 2.24) is 0 Å². The Morgan fingerprint density at radius 2 is 2.17 bits per heavy atom. The Kier molecular flexibility index (Phi) is 3.53. The van der Waals surface area contributed by atoms with Gasteiger partial charge in [0.25, 0.3) is 0 Å². The molecule has 0 amide bonds. The third-order valence-corrected chi connectivity index (χ3v) is 2.61. The molecule has 2 N–H and O–H groups in total. The second-order valence-electron chi connectivity index (χ2n) is 4.56. The molecule has 1 aliphatic rings. The lowest BCUT2D eigenvalue weighted by molar-refractivity contribution is -0.00837. The van der Waals surface area contributed by atoms with Gasteiger partial charge in [0.05, 0.1) is 6.10 Å². The standard InChI is InChI=1S/C10H21NO/c1-10(2,8-11)7-9-5-3-4-6-12-9/h9H,3-8,11H2,1-2H3/t9-/m0/s1. The molecule has 12 heavy (non-hydrogen) atoms. The maximum Gasteiger partial charge on any atom is 0.0580 e. The molecule has 0 radical (unpaired) electrons. The first kappa shape index (κ1) is 10.0. The Hall–Kier alpha value is -0.0800. The van der Waals surface area contributed by atoms with E-state index in [2.05, 4.69) is 13.8 Å². The van der Waals surface area contributed by atoms with Crippen LogP contribution in [0, 0.1) is 5.41 Å². The summed E-state index contributed by atoms with van der Waals surface area (Å²) in [6, 6.07) is 0. The van der Waals surface area contributed by atoms with E-state index in [4.69, 9.17) is 10.5 Å². The van der Waals surface area contributed by atoms with Gasteiger partial charge in [-0.3, -0.25) is 0 Å². The second-order valence-corrected chi connectivity index (χ2v) is 4.56. The van der Waals surface area contributed by atoms with Gasteiger partial charge >= 0.3 is 0 Å². The maximum absolute atomic E-state index is 5.67. The highest BCUT2D eigenvalue weighted by molar-refractivity contribution is 4.76. The average molecular weight is 171 g/mol. The molecule has 0 aliphatic carbocycles. The first-order chi connectivity index (χ1) is 5.64. The first-order valence-corrected chi connectivity index (χ1v) is 4.96. The van der Waals surface area contributed by atoms with Gasteiger partial charge in [0, 0.05) is 6.61 Å². The largest absolute Gasteiger partial charge is 0.378 e. The van der Waals surface area contributed by atoms with Gasteiger partial charge in [-0.05, 0) is 37.6 Å². The zero-order chi connectivity index (χ0) is 9.03. The van der Waals surface area contributed by atoms with Gasteiger partial charge in [-0.2, -0.15) is 0 Å². The highest BCUT2D eigenvalue weighted by Crippen LogP contribution is 2.26. The van der Waals surface area contributed by atoms with Crippen LogP contribution in [0.5, 0.6) is 0 Å². The molecule has 0 unspecified atom stereocenters. The van der Waals surface area contributed by atoms with Crippen LogP contribution in [0.15, 0.2) is 0 Å². The molecule has 1 saturated heterocycles. The minimum absolute atomic E-state index is 0.252. The lowest BCUT2D eigenvalue weighted by Crippen LogP contribution is -2.31. The molecule has 1 atom stereocenters. The summed E-state index contributed by atoms with van der Waals surface area (Å²) in [5, 5.41) is 0. The second kappa shape index (κ2) is 4.24. The Morgan fingerprint density at radius 1 is 1.42 bits per heavy atom. The molecule has 1 fully saturated rings. The van der Waals surface area contributed by atoms with Crippen molar-refractivity contribution in [3.63, 3.8) is 0 Å². The fraction of sp³-hybridized carbons (Fsp3) is 1.00. The summed E-state index contributed by atoms with van der Waals surface area (Å²) >= 11 is 0. The number of ether oxygens (including phenoxy) is 1. The van der Waals surface area contributed by atoms with Crippen LogP contribution in [0.3, 0.4) is 0 Å². The Balaban J connectivity index is 2.28. The van der Waals surface area contributed by atoms with Crippen molar-refractivity contribution < 1.29 is 4.74 Å². The van der Waals surface area contributed by atoms with Crippen molar-refractivity contribution in [2.24, 2.45) is 11.1 Å². The van der Waals surface area contributed by atoms with Crippen molar-refractivity contribution in [3.8, 4) is 0 Å².